The van der Waals surface area contributed by atoms with Gasteiger partial charge in [0.15, 0.2) is 9.84 Å². The molecule has 136 valence electrons. The molecule has 1 aliphatic rings. The van der Waals surface area contributed by atoms with Gasteiger partial charge in [-0.15, -0.1) is 12.4 Å². The molecule has 0 spiro atoms. The zero-order chi connectivity index (χ0) is 16.7. The number of hydrogen-bond donors (Lipinski definition) is 2. The van der Waals surface area contributed by atoms with Crippen LogP contribution in [0.4, 0.5) is 0 Å². The standard InChI is InChI=1S/C17H26N2O3S.ClH/c18-16-9-4-8-15(12-16)17(20)19-10-5-11-23(21,22)13-14-6-2-1-3-7-14;/h1-3,6-7,15-16H,4-5,8-13,18H2,(H,19,20);1H. The highest BCUT2D eigenvalue weighted by atomic mass is 35.5. The number of carbonyl (C=O) groups is 1. The normalized spacial score (nSPS) is 20.9. The van der Waals surface area contributed by atoms with Gasteiger partial charge in [0.1, 0.15) is 0 Å². The van der Waals surface area contributed by atoms with Crippen LogP contribution in [0.25, 0.3) is 0 Å². The van der Waals surface area contributed by atoms with Gasteiger partial charge in [0.25, 0.3) is 0 Å². The highest BCUT2D eigenvalue weighted by molar-refractivity contribution is 7.90. The Hall–Kier alpha value is -1.11. The average Bonchev–Trinajstić information content (AvgIpc) is 2.52. The molecule has 0 heterocycles. The molecule has 2 atom stereocenters. The van der Waals surface area contributed by atoms with E-state index in [4.69, 9.17) is 5.73 Å². The third-order valence-electron chi connectivity index (χ3n) is 4.25. The van der Waals surface area contributed by atoms with Gasteiger partial charge in [-0.1, -0.05) is 36.8 Å². The maximum Gasteiger partial charge on any atom is 0.223 e. The van der Waals surface area contributed by atoms with Gasteiger partial charge in [-0.25, -0.2) is 8.42 Å². The Bertz CT molecular complexity index is 608. The molecule has 5 nitrogen and oxygen atoms in total. The second-order valence-electron chi connectivity index (χ2n) is 6.35. The smallest absolute Gasteiger partial charge is 0.223 e. The number of rotatable bonds is 7. The number of sulfone groups is 1. The molecule has 3 N–H and O–H groups in total. The molecule has 1 amide bonds. The van der Waals surface area contributed by atoms with Gasteiger partial charge in [-0.3, -0.25) is 4.79 Å². The summed E-state index contributed by atoms with van der Waals surface area (Å²) in [6, 6.07) is 9.27. The highest BCUT2D eigenvalue weighted by Gasteiger charge is 2.25. The molecule has 2 rings (SSSR count). The zero-order valence-electron chi connectivity index (χ0n) is 13.8. The SMILES string of the molecule is Cl.NC1CCCC(C(=O)NCCCS(=O)(=O)Cc2ccccc2)C1. The van der Waals surface area contributed by atoms with E-state index in [9.17, 15) is 13.2 Å². The lowest BCUT2D eigenvalue weighted by molar-refractivity contribution is -0.126. The fraction of sp³-hybridized carbons (Fsp3) is 0.588. The van der Waals surface area contributed by atoms with Crippen molar-refractivity contribution >= 4 is 28.2 Å². The maximum atomic E-state index is 12.1. The second kappa shape index (κ2) is 10.0. The molecule has 2 unspecified atom stereocenters. The van der Waals surface area contributed by atoms with E-state index in [0.29, 0.717) is 13.0 Å². The van der Waals surface area contributed by atoms with Crippen molar-refractivity contribution in [1.29, 1.82) is 0 Å². The first-order valence-electron chi connectivity index (χ1n) is 8.24. The lowest BCUT2D eigenvalue weighted by atomic mass is 9.85. The third-order valence-corrected chi connectivity index (χ3v) is 5.93. The summed E-state index contributed by atoms with van der Waals surface area (Å²) in [6.07, 6.45) is 4.04. The molecule has 1 fully saturated rings. The topological polar surface area (TPSA) is 89.3 Å². The van der Waals surface area contributed by atoms with Crippen LogP contribution in [-0.2, 0) is 20.4 Å². The quantitative estimate of drug-likeness (QED) is 0.715. The molecular formula is C17H27ClN2O3S. The van der Waals surface area contributed by atoms with Crippen LogP contribution in [0, 0.1) is 5.92 Å². The molecule has 1 aromatic carbocycles. The molecule has 7 heteroatoms. The minimum Gasteiger partial charge on any atom is -0.356 e. The van der Waals surface area contributed by atoms with Crippen LogP contribution in [0.5, 0.6) is 0 Å². The van der Waals surface area contributed by atoms with E-state index in [0.717, 1.165) is 31.2 Å². The predicted octanol–water partition coefficient (Wildman–Crippen LogP) is 2.05. The van der Waals surface area contributed by atoms with Crippen molar-refractivity contribution < 1.29 is 13.2 Å². The summed E-state index contributed by atoms with van der Waals surface area (Å²) in [5, 5.41) is 2.85. The first-order valence-corrected chi connectivity index (χ1v) is 10.1. The maximum absolute atomic E-state index is 12.1. The summed E-state index contributed by atoms with van der Waals surface area (Å²) in [7, 11) is -3.14. The van der Waals surface area contributed by atoms with Crippen LogP contribution in [0.2, 0.25) is 0 Å². The fourth-order valence-electron chi connectivity index (χ4n) is 3.01. The molecule has 24 heavy (non-hydrogen) atoms. The predicted molar refractivity (Wildman–Crippen MR) is 98.7 cm³/mol. The summed E-state index contributed by atoms with van der Waals surface area (Å²) >= 11 is 0. The van der Waals surface area contributed by atoms with E-state index >= 15 is 0 Å². The number of benzene rings is 1. The van der Waals surface area contributed by atoms with Crippen LogP contribution in [0.15, 0.2) is 30.3 Å². The van der Waals surface area contributed by atoms with Crippen molar-refractivity contribution in [3.05, 3.63) is 35.9 Å². The Kier molecular flexibility index (Phi) is 8.73. The minimum absolute atomic E-state index is 0. The van der Waals surface area contributed by atoms with Crippen molar-refractivity contribution in [1.82, 2.24) is 5.32 Å². The van der Waals surface area contributed by atoms with Gasteiger partial charge in [0, 0.05) is 18.5 Å². The Morgan fingerprint density at radius 1 is 1.21 bits per heavy atom. The first-order chi connectivity index (χ1) is 11.0. The number of nitrogens with one attached hydrogen (secondary N) is 1. The Morgan fingerprint density at radius 3 is 2.58 bits per heavy atom. The summed E-state index contributed by atoms with van der Waals surface area (Å²) in [5.74, 6) is 0.145. The van der Waals surface area contributed by atoms with E-state index in [1.165, 1.54) is 0 Å². The summed E-state index contributed by atoms with van der Waals surface area (Å²) in [6.45, 7) is 0.401. The van der Waals surface area contributed by atoms with E-state index in [1.54, 1.807) is 0 Å². The molecule has 1 aliphatic carbocycles. The van der Waals surface area contributed by atoms with Gasteiger partial charge < -0.3 is 11.1 Å². The van der Waals surface area contributed by atoms with E-state index in [1.807, 2.05) is 30.3 Å². The highest BCUT2D eigenvalue weighted by Crippen LogP contribution is 2.23. The largest absolute Gasteiger partial charge is 0.356 e. The molecule has 0 aromatic heterocycles. The van der Waals surface area contributed by atoms with Crippen molar-refractivity contribution in [3.63, 3.8) is 0 Å². The van der Waals surface area contributed by atoms with Crippen LogP contribution in [0.1, 0.15) is 37.7 Å². The Balaban J connectivity index is 0.00000288. The van der Waals surface area contributed by atoms with Crippen LogP contribution in [-0.4, -0.2) is 32.7 Å². The van der Waals surface area contributed by atoms with E-state index < -0.39 is 9.84 Å². The van der Waals surface area contributed by atoms with Gasteiger partial charge in [0.2, 0.25) is 5.91 Å². The monoisotopic (exact) mass is 374 g/mol. The zero-order valence-corrected chi connectivity index (χ0v) is 15.4. The van der Waals surface area contributed by atoms with Gasteiger partial charge in [-0.05, 0) is 31.2 Å². The molecule has 0 radical (unpaired) electrons. The summed E-state index contributed by atoms with van der Waals surface area (Å²) in [5.41, 5.74) is 6.69. The fourth-order valence-corrected chi connectivity index (χ4v) is 4.44. The van der Waals surface area contributed by atoms with Crippen LogP contribution >= 0.6 is 12.4 Å². The first kappa shape index (κ1) is 20.9. The summed E-state index contributed by atoms with van der Waals surface area (Å²) in [4.78, 5) is 12.0. The Labute approximate surface area is 150 Å². The molecule has 0 aliphatic heterocycles. The lowest BCUT2D eigenvalue weighted by Crippen LogP contribution is -2.38. The van der Waals surface area contributed by atoms with E-state index in [-0.39, 0.29) is 41.8 Å². The number of hydrogen-bond acceptors (Lipinski definition) is 4. The summed E-state index contributed by atoms with van der Waals surface area (Å²) < 4.78 is 24.1. The van der Waals surface area contributed by atoms with Crippen molar-refractivity contribution in [3.8, 4) is 0 Å². The second-order valence-corrected chi connectivity index (χ2v) is 8.53. The number of halogens is 1. The number of carbonyl (C=O) groups excluding carboxylic acids is 1. The number of amides is 1. The minimum atomic E-state index is -3.14. The lowest BCUT2D eigenvalue weighted by Gasteiger charge is -2.25. The average molecular weight is 375 g/mol. The van der Waals surface area contributed by atoms with Gasteiger partial charge in [-0.2, -0.15) is 0 Å². The van der Waals surface area contributed by atoms with E-state index in [2.05, 4.69) is 5.32 Å². The van der Waals surface area contributed by atoms with Gasteiger partial charge >= 0.3 is 0 Å². The number of nitrogens with two attached hydrogens (primary N) is 1. The van der Waals surface area contributed by atoms with Crippen molar-refractivity contribution in [2.75, 3.05) is 12.3 Å². The molecule has 1 aromatic rings. The van der Waals surface area contributed by atoms with Crippen molar-refractivity contribution in [2.45, 2.75) is 43.9 Å². The van der Waals surface area contributed by atoms with Gasteiger partial charge in [0.05, 0.1) is 11.5 Å². The molecular weight excluding hydrogens is 348 g/mol. The Morgan fingerprint density at radius 2 is 1.92 bits per heavy atom. The van der Waals surface area contributed by atoms with Crippen molar-refractivity contribution in [2.24, 2.45) is 11.7 Å². The molecule has 0 bridgehead atoms. The van der Waals surface area contributed by atoms with Crippen LogP contribution < -0.4 is 11.1 Å². The molecule has 1 saturated carbocycles. The third kappa shape index (κ3) is 7.20. The molecule has 0 saturated heterocycles. The van der Waals surface area contributed by atoms with Crippen LogP contribution in [0.3, 0.4) is 0 Å².